The zero-order valence-corrected chi connectivity index (χ0v) is 10.2. The van der Waals surface area contributed by atoms with Gasteiger partial charge in [0.1, 0.15) is 0 Å². The monoisotopic (exact) mass is 223 g/mol. The minimum Gasteiger partial charge on any atom is -0.390 e. The topological polar surface area (TPSA) is 41.3 Å². The fraction of sp³-hybridized carbons (Fsp3) is 0.750. The van der Waals surface area contributed by atoms with Crippen LogP contribution in [0.2, 0.25) is 0 Å². The van der Waals surface area contributed by atoms with E-state index in [-0.39, 0.29) is 0 Å². The summed E-state index contributed by atoms with van der Waals surface area (Å²) < 4.78 is 1.84. The summed E-state index contributed by atoms with van der Waals surface area (Å²) in [5, 5.41) is 14.2. The van der Waals surface area contributed by atoms with Crippen molar-refractivity contribution in [3.05, 3.63) is 18.0 Å². The van der Waals surface area contributed by atoms with E-state index in [9.17, 15) is 5.11 Å². The molecule has 0 bridgehead atoms. The quantitative estimate of drug-likeness (QED) is 0.818. The van der Waals surface area contributed by atoms with Gasteiger partial charge >= 0.3 is 0 Å². The largest absolute Gasteiger partial charge is 0.390 e. The van der Waals surface area contributed by atoms with E-state index in [0.717, 1.165) is 38.9 Å². The summed E-state index contributed by atoms with van der Waals surface area (Å²) in [7, 11) is 1.94. The van der Waals surface area contributed by atoms with Crippen molar-refractivity contribution in [3.63, 3.8) is 0 Å². The van der Waals surface area contributed by atoms with Gasteiger partial charge in [0.05, 0.1) is 11.8 Å². The van der Waals surface area contributed by atoms with Crippen LogP contribution < -0.4 is 0 Å². The van der Waals surface area contributed by atoms with Crippen LogP contribution in [0, 0.1) is 0 Å². The lowest BCUT2D eigenvalue weighted by Crippen LogP contribution is -2.28. The summed E-state index contributed by atoms with van der Waals surface area (Å²) in [6.07, 6.45) is 6.84. The summed E-state index contributed by atoms with van der Waals surface area (Å²) in [6, 6.07) is 0. The van der Waals surface area contributed by atoms with Gasteiger partial charge in [-0.2, -0.15) is 5.10 Å². The molecule has 1 aliphatic rings. The van der Waals surface area contributed by atoms with E-state index in [1.807, 2.05) is 24.9 Å². The molecule has 90 valence electrons. The molecule has 4 heteroatoms. The van der Waals surface area contributed by atoms with Crippen LogP contribution in [0.1, 0.15) is 31.7 Å². The third-order valence-electron chi connectivity index (χ3n) is 3.32. The third kappa shape index (κ3) is 3.06. The maximum Gasteiger partial charge on any atom is 0.0632 e. The van der Waals surface area contributed by atoms with Gasteiger partial charge in [-0.25, -0.2) is 0 Å². The van der Waals surface area contributed by atoms with Gasteiger partial charge in [-0.15, -0.1) is 0 Å². The molecule has 1 aromatic heterocycles. The molecule has 1 aliphatic heterocycles. The molecule has 0 saturated carbocycles. The molecule has 2 heterocycles. The Bertz CT molecular complexity index is 346. The third-order valence-corrected chi connectivity index (χ3v) is 3.32. The number of hydrogen-bond acceptors (Lipinski definition) is 3. The van der Waals surface area contributed by atoms with E-state index in [1.165, 1.54) is 5.56 Å². The van der Waals surface area contributed by atoms with Crippen LogP contribution in [0.15, 0.2) is 12.4 Å². The Kier molecular flexibility index (Phi) is 3.30. The lowest BCUT2D eigenvalue weighted by molar-refractivity contribution is 0.0444. The highest BCUT2D eigenvalue weighted by atomic mass is 16.3. The Balaban J connectivity index is 1.91. The Labute approximate surface area is 96.9 Å². The first kappa shape index (κ1) is 11.6. The van der Waals surface area contributed by atoms with Crippen molar-refractivity contribution >= 4 is 0 Å². The van der Waals surface area contributed by atoms with Crippen LogP contribution in [-0.4, -0.2) is 38.5 Å². The van der Waals surface area contributed by atoms with Crippen molar-refractivity contribution in [2.75, 3.05) is 13.1 Å². The predicted octanol–water partition coefficient (Wildman–Crippen LogP) is 1.16. The maximum absolute atomic E-state index is 10.00. The molecule has 0 amide bonds. The average molecular weight is 223 g/mol. The van der Waals surface area contributed by atoms with Crippen molar-refractivity contribution in [1.29, 1.82) is 0 Å². The minimum absolute atomic E-state index is 0.469. The molecular weight excluding hydrogens is 202 g/mol. The van der Waals surface area contributed by atoms with E-state index in [4.69, 9.17) is 0 Å². The van der Waals surface area contributed by atoms with Gasteiger partial charge in [-0.05, 0) is 32.7 Å². The average Bonchev–Trinajstić information content (AvgIpc) is 2.52. The van der Waals surface area contributed by atoms with Gasteiger partial charge in [-0.3, -0.25) is 9.58 Å². The molecule has 1 fully saturated rings. The van der Waals surface area contributed by atoms with Crippen LogP contribution in [0.3, 0.4) is 0 Å². The van der Waals surface area contributed by atoms with E-state index in [1.54, 1.807) is 0 Å². The highest BCUT2D eigenvalue weighted by Gasteiger charge is 2.24. The highest BCUT2D eigenvalue weighted by molar-refractivity contribution is 5.03. The molecule has 2 rings (SSSR count). The van der Waals surface area contributed by atoms with Gasteiger partial charge in [-0.1, -0.05) is 0 Å². The number of nitrogens with zero attached hydrogens (tertiary/aromatic N) is 3. The normalized spacial score (nSPS) is 27.9. The second kappa shape index (κ2) is 4.55. The number of aryl methyl sites for hydroxylation is 1. The molecule has 0 radical (unpaired) electrons. The second-order valence-electron chi connectivity index (χ2n) is 5.15. The Morgan fingerprint density at radius 3 is 2.94 bits per heavy atom. The lowest BCUT2D eigenvalue weighted by atomic mass is 9.98. The summed E-state index contributed by atoms with van der Waals surface area (Å²) in [6.45, 7) is 4.94. The van der Waals surface area contributed by atoms with Crippen molar-refractivity contribution < 1.29 is 5.11 Å². The van der Waals surface area contributed by atoms with Gasteiger partial charge in [0, 0.05) is 31.9 Å². The molecule has 1 unspecified atom stereocenters. The van der Waals surface area contributed by atoms with E-state index < -0.39 is 5.60 Å². The number of hydrogen-bond donors (Lipinski definition) is 1. The summed E-state index contributed by atoms with van der Waals surface area (Å²) >= 11 is 0. The van der Waals surface area contributed by atoms with Crippen LogP contribution in [0.4, 0.5) is 0 Å². The molecular formula is C12H21N3O. The van der Waals surface area contributed by atoms with Gasteiger partial charge < -0.3 is 5.11 Å². The molecule has 1 atom stereocenters. The molecule has 0 aromatic carbocycles. The number of aliphatic hydroxyl groups is 1. The lowest BCUT2D eigenvalue weighted by Gasteiger charge is -2.21. The Hall–Kier alpha value is -0.870. The SMILES string of the molecule is Cn1cc(CN2CCCC(C)(O)CC2)cn1. The number of rotatable bonds is 2. The van der Waals surface area contributed by atoms with E-state index >= 15 is 0 Å². The fourth-order valence-electron chi connectivity index (χ4n) is 2.29. The predicted molar refractivity (Wildman–Crippen MR) is 63.0 cm³/mol. The van der Waals surface area contributed by atoms with Gasteiger partial charge in [0.15, 0.2) is 0 Å². The van der Waals surface area contributed by atoms with Gasteiger partial charge in [0.25, 0.3) is 0 Å². The zero-order valence-electron chi connectivity index (χ0n) is 10.2. The Morgan fingerprint density at radius 2 is 2.25 bits per heavy atom. The van der Waals surface area contributed by atoms with Crippen LogP contribution in [0.25, 0.3) is 0 Å². The van der Waals surface area contributed by atoms with Crippen LogP contribution in [-0.2, 0) is 13.6 Å². The summed E-state index contributed by atoms with van der Waals surface area (Å²) in [5.41, 5.74) is 0.785. The molecule has 0 spiro atoms. The fourth-order valence-corrected chi connectivity index (χ4v) is 2.29. The number of likely N-dealkylation sites (tertiary alicyclic amines) is 1. The Morgan fingerprint density at radius 1 is 1.44 bits per heavy atom. The second-order valence-corrected chi connectivity index (χ2v) is 5.15. The molecule has 16 heavy (non-hydrogen) atoms. The van der Waals surface area contributed by atoms with Crippen molar-refractivity contribution in [2.45, 2.75) is 38.3 Å². The standard InChI is InChI=1S/C12H21N3O/c1-12(16)4-3-6-15(7-5-12)10-11-8-13-14(2)9-11/h8-9,16H,3-7,10H2,1-2H3. The minimum atomic E-state index is -0.469. The smallest absolute Gasteiger partial charge is 0.0632 e. The first-order chi connectivity index (χ1) is 7.55. The first-order valence-corrected chi connectivity index (χ1v) is 5.97. The van der Waals surface area contributed by atoms with E-state index in [2.05, 4.69) is 16.2 Å². The molecule has 1 N–H and O–H groups in total. The zero-order chi connectivity index (χ0) is 11.6. The van der Waals surface area contributed by atoms with Gasteiger partial charge in [0.2, 0.25) is 0 Å². The van der Waals surface area contributed by atoms with Crippen LogP contribution >= 0.6 is 0 Å². The molecule has 1 aromatic rings. The molecule has 4 nitrogen and oxygen atoms in total. The van der Waals surface area contributed by atoms with Crippen molar-refractivity contribution in [1.82, 2.24) is 14.7 Å². The first-order valence-electron chi connectivity index (χ1n) is 5.97. The van der Waals surface area contributed by atoms with Crippen molar-refractivity contribution in [3.8, 4) is 0 Å². The van der Waals surface area contributed by atoms with Crippen molar-refractivity contribution in [2.24, 2.45) is 7.05 Å². The summed E-state index contributed by atoms with van der Waals surface area (Å²) in [5.74, 6) is 0. The summed E-state index contributed by atoms with van der Waals surface area (Å²) in [4.78, 5) is 2.40. The molecule has 0 aliphatic carbocycles. The molecule has 1 saturated heterocycles. The highest BCUT2D eigenvalue weighted by Crippen LogP contribution is 2.22. The van der Waals surface area contributed by atoms with Crippen LogP contribution in [0.5, 0.6) is 0 Å². The maximum atomic E-state index is 10.00. The number of aromatic nitrogens is 2. The van der Waals surface area contributed by atoms with E-state index in [0.29, 0.717) is 0 Å².